The lowest BCUT2D eigenvalue weighted by Crippen LogP contribution is -2.32. The molecule has 4 aliphatic rings. The highest BCUT2D eigenvalue weighted by molar-refractivity contribution is 5.71. The van der Waals surface area contributed by atoms with Gasteiger partial charge >= 0.3 is 0 Å². The smallest absolute Gasteiger partial charge is 0.161 e. The maximum absolute atomic E-state index is 6.06. The van der Waals surface area contributed by atoms with Gasteiger partial charge in [0.05, 0.1) is 0 Å². The van der Waals surface area contributed by atoms with E-state index in [1.54, 1.807) is 0 Å². The van der Waals surface area contributed by atoms with Crippen LogP contribution in [0.5, 0.6) is 23.0 Å². The van der Waals surface area contributed by atoms with Crippen molar-refractivity contribution in [2.75, 3.05) is 46.5 Å². The van der Waals surface area contributed by atoms with E-state index in [-0.39, 0.29) is 0 Å². The number of benzene rings is 8. The molecule has 8 heteroatoms. The van der Waals surface area contributed by atoms with Crippen LogP contribution in [0.1, 0.15) is 33.4 Å². The molecular weight excluding hydrogens is 841 g/mol. The van der Waals surface area contributed by atoms with Crippen LogP contribution in [0.15, 0.2) is 182 Å². The zero-order valence-electron chi connectivity index (χ0n) is 37.6. The molecule has 0 saturated carbocycles. The van der Waals surface area contributed by atoms with Gasteiger partial charge in [-0.3, -0.25) is 0 Å². The Labute approximate surface area is 398 Å². The monoisotopic (exact) mass is 888 g/mol. The standard InChI is InChI=1S/C32H24N2O2.C28H24N2O2/c1-3-23-7-5-9-29(15-23)33-19-27-17-25(11-13-31(27)35-21-33)26-12-14-32-28(18-26)20-34(22-36-32)30-10-6-8-24(4-2)16-30;1-3-7-25(8-4-1)29-17-23-15-21(11-13-27(23)31-19-29)22-12-14-28-24(16-22)18-30(20-32-28)26-9-5-2-6-10-26/h1-2,5-18H,19-22H2;1-16H,17-20H2. The molecule has 68 heavy (non-hydrogen) atoms. The molecule has 0 amide bonds. The third kappa shape index (κ3) is 8.84. The summed E-state index contributed by atoms with van der Waals surface area (Å²) in [4.78, 5) is 8.89. The number of rotatable bonds is 6. The summed E-state index contributed by atoms with van der Waals surface area (Å²) in [5.74, 6) is 9.20. The first-order valence-corrected chi connectivity index (χ1v) is 22.8. The Kier molecular flexibility index (Phi) is 11.5. The van der Waals surface area contributed by atoms with Crippen LogP contribution in [-0.4, -0.2) is 26.9 Å². The first-order valence-electron chi connectivity index (χ1n) is 22.8. The first kappa shape index (κ1) is 41.9. The Bertz CT molecular complexity index is 3000. The Morgan fingerprint density at radius 3 is 0.912 bits per heavy atom. The van der Waals surface area contributed by atoms with Crippen molar-refractivity contribution in [3.8, 4) is 69.9 Å². The summed E-state index contributed by atoms with van der Waals surface area (Å²) in [6.45, 7) is 5.31. The molecule has 0 radical (unpaired) electrons. The topological polar surface area (TPSA) is 49.9 Å². The molecule has 8 aromatic carbocycles. The average Bonchev–Trinajstić information content (AvgIpc) is 3.42. The van der Waals surface area contributed by atoms with Crippen LogP contribution < -0.4 is 38.5 Å². The van der Waals surface area contributed by atoms with E-state index in [9.17, 15) is 0 Å². The third-order valence-electron chi connectivity index (χ3n) is 12.9. The second kappa shape index (κ2) is 18.6. The zero-order chi connectivity index (χ0) is 45.8. The van der Waals surface area contributed by atoms with Crippen molar-refractivity contribution in [3.63, 3.8) is 0 Å². The SMILES string of the molecule is C#Cc1cccc(N2COc3ccc(-c4ccc5c(c4)CN(c4cccc(C#C)c4)CO5)cc3C2)c1.c1ccc(N2COc3ccc(-c4ccc5c(c4)CN(c4ccccc4)CO5)cc3C2)cc1. The van der Waals surface area contributed by atoms with Crippen LogP contribution in [-0.2, 0) is 26.2 Å². The van der Waals surface area contributed by atoms with E-state index in [0.717, 1.165) is 93.9 Å². The average molecular weight is 889 g/mol. The quantitative estimate of drug-likeness (QED) is 0.153. The molecule has 8 nitrogen and oxygen atoms in total. The van der Waals surface area contributed by atoms with E-state index in [4.69, 9.17) is 31.8 Å². The fraction of sp³-hybridized carbons (Fsp3) is 0.133. The molecule has 0 aromatic heterocycles. The van der Waals surface area contributed by atoms with Crippen molar-refractivity contribution in [3.05, 3.63) is 215 Å². The zero-order valence-corrected chi connectivity index (χ0v) is 37.6. The van der Waals surface area contributed by atoms with Crippen molar-refractivity contribution in [2.45, 2.75) is 26.2 Å². The number of anilines is 4. The number of para-hydroxylation sites is 2. The normalized spacial score (nSPS) is 14.3. The van der Waals surface area contributed by atoms with Gasteiger partial charge in [-0.2, -0.15) is 0 Å². The second-order valence-corrected chi connectivity index (χ2v) is 17.2. The largest absolute Gasteiger partial charge is 0.473 e. The van der Waals surface area contributed by atoms with Crippen molar-refractivity contribution < 1.29 is 18.9 Å². The predicted octanol–water partition coefficient (Wildman–Crippen LogP) is 12.1. The first-order chi connectivity index (χ1) is 33.5. The Balaban J connectivity index is 0.000000150. The summed E-state index contributed by atoms with van der Waals surface area (Å²) in [5.41, 5.74) is 15.6. The van der Waals surface area contributed by atoms with Gasteiger partial charge in [0.1, 0.15) is 23.0 Å². The number of nitrogens with zero attached hydrogens (tertiary/aromatic N) is 4. The Morgan fingerprint density at radius 1 is 0.309 bits per heavy atom. The molecule has 0 bridgehead atoms. The molecule has 0 fully saturated rings. The molecule has 0 saturated heterocycles. The third-order valence-corrected chi connectivity index (χ3v) is 12.9. The van der Waals surface area contributed by atoms with E-state index in [1.165, 1.54) is 33.6 Å². The molecule has 0 atom stereocenters. The fourth-order valence-corrected chi connectivity index (χ4v) is 9.21. The Morgan fingerprint density at radius 2 is 0.603 bits per heavy atom. The minimum Gasteiger partial charge on any atom is -0.473 e. The van der Waals surface area contributed by atoms with Gasteiger partial charge in [-0.25, -0.2) is 0 Å². The second-order valence-electron chi connectivity index (χ2n) is 17.2. The molecule has 12 rings (SSSR count). The van der Waals surface area contributed by atoms with Crippen molar-refractivity contribution >= 4 is 22.7 Å². The van der Waals surface area contributed by atoms with Gasteiger partial charge in [0.2, 0.25) is 0 Å². The van der Waals surface area contributed by atoms with Crippen LogP contribution >= 0.6 is 0 Å². The lowest BCUT2D eigenvalue weighted by molar-refractivity contribution is 0.289. The number of ether oxygens (including phenoxy) is 4. The van der Waals surface area contributed by atoms with Crippen LogP contribution in [0.25, 0.3) is 22.3 Å². The van der Waals surface area contributed by atoms with Gasteiger partial charge < -0.3 is 38.5 Å². The lowest BCUT2D eigenvalue weighted by atomic mass is 9.98. The van der Waals surface area contributed by atoms with E-state index >= 15 is 0 Å². The minimum atomic E-state index is 0.493. The fourth-order valence-electron chi connectivity index (χ4n) is 9.21. The van der Waals surface area contributed by atoms with Gasteiger partial charge in [-0.15, -0.1) is 12.8 Å². The molecular formula is C60H48N4O4. The summed E-state index contributed by atoms with van der Waals surface area (Å²) in [7, 11) is 0. The number of hydrogen-bond acceptors (Lipinski definition) is 8. The summed E-state index contributed by atoms with van der Waals surface area (Å²) in [5, 5.41) is 0. The molecule has 0 spiro atoms. The summed E-state index contributed by atoms with van der Waals surface area (Å²) in [6.07, 6.45) is 11.2. The maximum atomic E-state index is 6.06. The van der Waals surface area contributed by atoms with Gasteiger partial charge in [-0.1, -0.05) is 84.6 Å². The highest BCUT2D eigenvalue weighted by Crippen LogP contribution is 2.38. The van der Waals surface area contributed by atoms with Crippen LogP contribution in [0.2, 0.25) is 0 Å². The molecule has 332 valence electrons. The van der Waals surface area contributed by atoms with Crippen molar-refractivity contribution in [2.24, 2.45) is 0 Å². The van der Waals surface area contributed by atoms with Crippen molar-refractivity contribution in [1.29, 1.82) is 0 Å². The molecule has 0 N–H and O–H groups in total. The lowest BCUT2D eigenvalue weighted by Gasteiger charge is -2.32. The number of hydrogen-bond donors (Lipinski definition) is 0. The molecule has 8 aromatic rings. The Hall–Kier alpha value is -8.72. The van der Waals surface area contributed by atoms with E-state index in [0.29, 0.717) is 26.9 Å². The van der Waals surface area contributed by atoms with E-state index in [2.05, 4.69) is 165 Å². The van der Waals surface area contributed by atoms with Gasteiger partial charge in [0.25, 0.3) is 0 Å². The predicted molar refractivity (Wildman–Crippen MR) is 272 cm³/mol. The molecule has 0 aliphatic carbocycles. The van der Waals surface area contributed by atoms with Gasteiger partial charge in [0, 0.05) is 82.3 Å². The van der Waals surface area contributed by atoms with Crippen LogP contribution in [0.3, 0.4) is 0 Å². The minimum absolute atomic E-state index is 0.493. The summed E-state index contributed by atoms with van der Waals surface area (Å²) < 4.78 is 24.2. The molecule has 0 unspecified atom stereocenters. The van der Waals surface area contributed by atoms with E-state index < -0.39 is 0 Å². The highest BCUT2D eigenvalue weighted by atomic mass is 16.5. The van der Waals surface area contributed by atoms with Crippen LogP contribution in [0, 0.1) is 24.7 Å². The van der Waals surface area contributed by atoms with Crippen molar-refractivity contribution in [1.82, 2.24) is 0 Å². The molecule has 4 heterocycles. The maximum Gasteiger partial charge on any atom is 0.161 e. The number of fused-ring (bicyclic) bond motifs is 4. The molecule has 4 aliphatic heterocycles. The summed E-state index contributed by atoms with van der Waals surface area (Å²) in [6, 6.07) is 62.6. The summed E-state index contributed by atoms with van der Waals surface area (Å²) >= 11 is 0. The van der Waals surface area contributed by atoms with Gasteiger partial charge in [-0.05, 0) is 131 Å². The van der Waals surface area contributed by atoms with Crippen LogP contribution in [0.4, 0.5) is 22.7 Å². The highest BCUT2D eigenvalue weighted by Gasteiger charge is 2.23. The van der Waals surface area contributed by atoms with E-state index in [1.807, 2.05) is 48.5 Å². The number of terminal acetylenes is 2. The van der Waals surface area contributed by atoms with Gasteiger partial charge in [0.15, 0.2) is 26.9 Å².